The fourth-order valence-electron chi connectivity index (χ4n) is 3.30. The van der Waals surface area contributed by atoms with Gasteiger partial charge < -0.3 is 19.7 Å². The number of amides is 2. The van der Waals surface area contributed by atoms with Gasteiger partial charge in [0, 0.05) is 31.3 Å². The zero-order valence-corrected chi connectivity index (χ0v) is 15.5. The second-order valence-electron chi connectivity index (χ2n) is 6.77. The minimum Gasteiger partial charge on any atom is -0.486 e. The number of nitrogens with one attached hydrogen (secondary N) is 1. The van der Waals surface area contributed by atoms with Crippen molar-refractivity contribution >= 4 is 23.6 Å². The third-order valence-corrected chi connectivity index (χ3v) is 4.78. The molecule has 0 unspecified atom stereocenters. The maximum absolute atomic E-state index is 12.1. The Balaban J connectivity index is 1.30. The van der Waals surface area contributed by atoms with Crippen LogP contribution in [0.25, 0.3) is 6.08 Å². The van der Waals surface area contributed by atoms with E-state index in [9.17, 15) is 9.59 Å². The number of nitrogens with zero attached hydrogens (tertiary/aromatic N) is 1. The zero-order chi connectivity index (χ0) is 19.3. The molecule has 1 N–H and O–H groups in total. The van der Waals surface area contributed by atoms with E-state index >= 15 is 0 Å². The van der Waals surface area contributed by atoms with Crippen LogP contribution in [0.15, 0.2) is 48.5 Å². The molecule has 2 heterocycles. The van der Waals surface area contributed by atoms with Gasteiger partial charge in [-0.3, -0.25) is 9.59 Å². The Labute approximate surface area is 163 Å². The molecule has 28 heavy (non-hydrogen) atoms. The van der Waals surface area contributed by atoms with Crippen LogP contribution in [0.5, 0.6) is 11.5 Å². The smallest absolute Gasteiger partial charge is 0.244 e. The highest BCUT2D eigenvalue weighted by atomic mass is 16.6. The SMILES string of the molecule is O=C(/C=C/c1ccc2c(c1)OCCO2)NCc1ccc(N2CCCC2=O)cc1. The van der Waals surface area contributed by atoms with Gasteiger partial charge in [0.25, 0.3) is 0 Å². The van der Waals surface area contributed by atoms with Gasteiger partial charge in [-0.2, -0.15) is 0 Å². The molecule has 2 aliphatic rings. The highest BCUT2D eigenvalue weighted by molar-refractivity contribution is 5.95. The quantitative estimate of drug-likeness (QED) is 0.813. The van der Waals surface area contributed by atoms with Crippen LogP contribution in [0.4, 0.5) is 5.69 Å². The molecular weight excluding hydrogens is 356 g/mol. The molecule has 1 fully saturated rings. The third-order valence-electron chi connectivity index (χ3n) is 4.78. The monoisotopic (exact) mass is 378 g/mol. The lowest BCUT2D eigenvalue weighted by Gasteiger charge is -2.18. The lowest BCUT2D eigenvalue weighted by atomic mass is 10.1. The molecule has 2 aromatic rings. The summed E-state index contributed by atoms with van der Waals surface area (Å²) in [4.78, 5) is 25.7. The lowest BCUT2D eigenvalue weighted by molar-refractivity contribution is -0.117. The van der Waals surface area contributed by atoms with Gasteiger partial charge >= 0.3 is 0 Å². The largest absolute Gasteiger partial charge is 0.486 e. The molecule has 6 heteroatoms. The van der Waals surface area contributed by atoms with E-state index in [1.54, 1.807) is 11.0 Å². The summed E-state index contributed by atoms with van der Waals surface area (Å²) < 4.78 is 11.0. The summed E-state index contributed by atoms with van der Waals surface area (Å²) in [5.41, 5.74) is 2.77. The molecule has 2 aromatic carbocycles. The molecule has 6 nitrogen and oxygen atoms in total. The Bertz CT molecular complexity index is 905. The summed E-state index contributed by atoms with van der Waals surface area (Å²) in [6.45, 7) is 2.30. The number of rotatable bonds is 5. The number of carbonyl (C=O) groups is 2. The van der Waals surface area contributed by atoms with Crippen molar-refractivity contribution in [3.63, 3.8) is 0 Å². The van der Waals surface area contributed by atoms with Gasteiger partial charge in [0.2, 0.25) is 11.8 Å². The summed E-state index contributed by atoms with van der Waals surface area (Å²) in [5, 5.41) is 2.87. The van der Waals surface area contributed by atoms with E-state index < -0.39 is 0 Å². The molecule has 0 aliphatic carbocycles. The van der Waals surface area contributed by atoms with Crippen LogP contribution in [0.1, 0.15) is 24.0 Å². The number of hydrogen-bond donors (Lipinski definition) is 1. The molecule has 4 rings (SSSR count). The van der Waals surface area contributed by atoms with Crippen molar-refractivity contribution in [2.24, 2.45) is 0 Å². The number of fused-ring (bicyclic) bond motifs is 1. The Morgan fingerprint density at radius 2 is 1.86 bits per heavy atom. The summed E-state index contributed by atoms with van der Waals surface area (Å²) >= 11 is 0. The first kappa shape index (κ1) is 18.1. The van der Waals surface area contributed by atoms with Crippen LogP contribution in [0, 0.1) is 0 Å². The average Bonchev–Trinajstić information content (AvgIpc) is 3.17. The first-order valence-corrected chi connectivity index (χ1v) is 9.44. The van der Waals surface area contributed by atoms with Crippen LogP contribution in [0.2, 0.25) is 0 Å². The fourth-order valence-corrected chi connectivity index (χ4v) is 3.30. The van der Waals surface area contributed by atoms with Crippen LogP contribution >= 0.6 is 0 Å². The molecule has 0 saturated carbocycles. The first-order valence-electron chi connectivity index (χ1n) is 9.44. The van der Waals surface area contributed by atoms with Gasteiger partial charge in [-0.15, -0.1) is 0 Å². The maximum atomic E-state index is 12.1. The Kier molecular flexibility index (Phi) is 5.28. The minimum absolute atomic E-state index is 0.172. The molecule has 0 radical (unpaired) electrons. The van der Waals surface area contributed by atoms with Crippen LogP contribution < -0.4 is 19.7 Å². The van der Waals surface area contributed by atoms with E-state index in [4.69, 9.17) is 9.47 Å². The highest BCUT2D eigenvalue weighted by Gasteiger charge is 2.21. The van der Waals surface area contributed by atoms with Gasteiger partial charge in [0.1, 0.15) is 13.2 Å². The van der Waals surface area contributed by atoms with Gasteiger partial charge in [-0.05, 0) is 47.9 Å². The zero-order valence-electron chi connectivity index (χ0n) is 15.5. The van der Waals surface area contributed by atoms with Gasteiger partial charge in [0.05, 0.1) is 0 Å². The number of anilines is 1. The van der Waals surface area contributed by atoms with Crippen molar-refractivity contribution in [1.29, 1.82) is 0 Å². The normalized spacial score (nSPS) is 15.9. The predicted octanol–water partition coefficient (Wildman–Crippen LogP) is 2.91. The Morgan fingerprint density at radius 1 is 1.07 bits per heavy atom. The van der Waals surface area contributed by atoms with Gasteiger partial charge in [0.15, 0.2) is 11.5 Å². The Morgan fingerprint density at radius 3 is 2.61 bits per heavy atom. The van der Waals surface area contributed by atoms with Gasteiger partial charge in [-0.1, -0.05) is 18.2 Å². The van der Waals surface area contributed by atoms with Crippen LogP contribution in [-0.4, -0.2) is 31.6 Å². The average molecular weight is 378 g/mol. The number of benzene rings is 2. The topological polar surface area (TPSA) is 67.9 Å². The second-order valence-corrected chi connectivity index (χ2v) is 6.77. The van der Waals surface area contributed by atoms with E-state index in [2.05, 4.69) is 5.32 Å². The summed E-state index contributed by atoms with van der Waals surface area (Å²) in [7, 11) is 0. The second kappa shape index (κ2) is 8.17. The lowest BCUT2D eigenvalue weighted by Crippen LogP contribution is -2.23. The van der Waals surface area contributed by atoms with Crippen molar-refractivity contribution < 1.29 is 19.1 Å². The fraction of sp³-hybridized carbons (Fsp3) is 0.273. The molecule has 1 saturated heterocycles. The summed E-state index contributed by atoms with van der Waals surface area (Å²) in [6, 6.07) is 13.3. The molecule has 0 spiro atoms. The van der Waals surface area contributed by atoms with E-state index in [0.717, 1.165) is 35.5 Å². The van der Waals surface area contributed by atoms with Crippen molar-refractivity contribution in [3.05, 3.63) is 59.7 Å². The highest BCUT2D eigenvalue weighted by Crippen LogP contribution is 2.31. The van der Waals surface area contributed by atoms with Crippen LogP contribution in [-0.2, 0) is 16.1 Å². The maximum Gasteiger partial charge on any atom is 0.244 e. The molecule has 2 aliphatic heterocycles. The van der Waals surface area contributed by atoms with Crippen molar-refractivity contribution in [2.75, 3.05) is 24.7 Å². The third kappa shape index (κ3) is 4.17. The van der Waals surface area contributed by atoms with Crippen molar-refractivity contribution in [3.8, 4) is 11.5 Å². The standard InChI is InChI=1S/C22H22N2O4/c25-21(10-6-16-5-9-19-20(14-16)28-13-12-27-19)23-15-17-3-7-18(8-4-17)24-11-1-2-22(24)26/h3-10,14H,1-2,11-13,15H2,(H,23,25)/b10-6+. The number of carbonyl (C=O) groups excluding carboxylic acids is 2. The molecule has 0 aromatic heterocycles. The van der Waals surface area contributed by atoms with Gasteiger partial charge in [-0.25, -0.2) is 0 Å². The molecule has 144 valence electrons. The van der Waals surface area contributed by atoms with E-state index in [1.165, 1.54) is 6.08 Å². The molecule has 0 bridgehead atoms. The predicted molar refractivity (Wildman–Crippen MR) is 106 cm³/mol. The van der Waals surface area contributed by atoms with Crippen LogP contribution in [0.3, 0.4) is 0 Å². The molecular formula is C22H22N2O4. The van der Waals surface area contributed by atoms with E-state index in [-0.39, 0.29) is 11.8 Å². The summed E-state index contributed by atoms with van der Waals surface area (Å²) in [6.07, 6.45) is 4.78. The van der Waals surface area contributed by atoms with E-state index in [1.807, 2.05) is 42.5 Å². The number of hydrogen-bond acceptors (Lipinski definition) is 4. The summed E-state index contributed by atoms with van der Waals surface area (Å²) in [5.74, 6) is 1.43. The molecule has 2 amide bonds. The van der Waals surface area contributed by atoms with E-state index in [0.29, 0.717) is 31.9 Å². The van der Waals surface area contributed by atoms with Crippen molar-refractivity contribution in [2.45, 2.75) is 19.4 Å². The Hall–Kier alpha value is -3.28. The molecule has 0 atom stereocenters. The minimum atomic E-state index is -0.173. The number of ether oxygens (including phenoxy) is 2. The van der Waals surface area contributed by atoms with Crippen molar-refractivity contribution in [1.82, 2.24) is 5.32 Å². The first-order chi connectivity index (χ1) is 13.7.